The predicted molar refractivity (Wildman–Crippen MR) is 120 cm³/mol. The maximum absolute atomic E-state index is 13.0. The molecule has 2 heterocycles. The van der Waals surface area contributed by atoms with Crippen molar-refractivity contribution in [2.75, 3.05) is 6.61 Å². The average Bonchev–Trinajstić information content (AvgIpc) is 2.84. The summed E-state index contributed by atoms with van der Waals surface area (Å²) in [7, 11) is 0. The summed E-state index contributed by atoms with van der Waals surface area (Å²) in [5, 5.41) is 9.78. The highest BCUT2D eigenvalue weighted by Gasteiger charge is 2.25. The lowest BCUT2D eigenvalue weighted by atomic mass is 9.93. The van der Waals surface area contributed by atoms with Crippen molar-refractivity contribution in [2.24, 2.45) is 0 Å². The molecular weight excluding hydrogens is 404 g/mol. The molecule has 0 aliphatic carbocycles. The molecule has 0 spiro atoms. The molecule has 0 atom stereocenters. The van der Waals surface area contributed by atoms with Crippen molar-refractivity contribution in [3.63, 3.8) is 0 Å². The number of esters is 1. The number of pyridine rings is 2. The Morgan fingerprint density at radius 3 is 2.25 bits per heavy atom. The van der Waals surface area contributed by atoms with Gasteiger partial charge in [0.1, 0.15) is 11.6 Å². The first-order valence-corrected chi connectivity index (χ1v) is 10.0. The minimum atomic E-state index is -0.632. The van der Waals surface area contributed by atoms with Gasteiger partial charge in [0.2, 0.25) is 0 Å². The zero-order valence-electron chi connectivity index (χ0n) is 17.2. The number of nitriles is 1. The normalized spacial score (nSPS) is 10.5. The van der Waals surface area contributed by atoms with Gasteiger partial charge in [0.25, 0.3) is 5.56 Å². The Kier molecular flexibility index (Phi) is 5.65. The summed E-state index contributed by atoms with van der Waals surface area (Å²) < 4.78 is 6.51. The second kappa shape index (κ2) is 8.70. The van der Waals surface area contributed by atoms with E-state index >= 15 is 0 Å². The standard InChI is InChI=1S/C26H18N2O4/c1-2-32-26(31)23-21-10-6-7-15-28(21)25(30)20(16-27)22(23)17-11-13-19(14-12-17)24(29)18-8-4-3-5-9-18/h3-15H,2H2,1H3. The second-order valence-electron chi connectivity index (χ2n) is 6.99. The Labute approximate surface area is 183 Å². The lowest BCUT2D eigenvalue weighted by Gasteiger charge is -2.15. The van der Waals surface area contributed by atoms with Crippen LogP contribution in [-0.2, 0) is 4.74 Å². The van der Waals surface area contributed by atoms with Crippen LogP contribution in [0, 0.1) is 11.3 Å². The first-order chi connectivity index (χ1) is 15.6. The number of hydrogen-bond donors (Lipinski definition) is 0. The van der Waals surface area contributed by atoms with Crippen molar-refractivity contribution in [1.82, 2.24) is 4.40 Å². The first-order valence-electron chi connectivity index (χ1n) is 10.0. The molecule has 0 radical (unpaired) electrons. The van der Waals surface area contributed by atoms with E-state index in [9.17, 15) is 19.6 Å². The van der Waals surface area contributed by atoms with E-state index in [-0.39, 0.29) is 29.1 Å². The van der Waals surface area contributed by atoms with Crippen LogP contribution in [0.3, 0.4) is 0 Å². The van der Waals surface area contributed by atoms with E-state index in [1.54, 1.807) is 73.7 Å². The number of carbonyl (C=O) groups is 2. The minimum absolute atomic E-state index is 0.130. The van der Waals surface area contributed by atoms with Gasteiger partial charge in [0, 0.05) is 22.9 Å². The van der Waals surface area contributed by atoms with Crippen molar-refractivity contribution in [1.29, 1.82) is 5.26 Å². The van der Waals surface area contributed by atoms with Gasteiger partial charge in [-0.1, -0.05) is 60.7 Å². The zero-order valence-corrected chi connectivity index (χ0v) is 17.2. The van der Waals surface area contributed by atoms with E-state index in [1.165, 1.54) is 10.6 Å². The third kappa shape index (κ3) is 3.57. The van der Waals surface area contributed by atoms with Crippen LogP contribution in [0.4, 0.5) is 0 Å². The van der Waals surface area contributed by atoms with E-state index in [4.69, 9.17) is 4.74 Å². The fraction of sp³-hybridized carbons (Fsp3) is 0.0769. The molecule has 0 saturated heterocycles. The van der Waals surface area contributed by atoms with Gasteiger partial charge in [-0.05, 0) is 24.6 Å². The molecule has 0 N–H and O–H groups in total. The summed E-state index contributed by atoms with van der Waals surface area (Å²) in [5.74, 6) is -0.783. The topological polar surface area (TPSA) is 88.6 Å². The molecule has 0 fully saturated rings. The first kappa shape index (κ1) is 20.8. The summed E-state index contributed by atoms with van der Waals surface area (Å²) in [6.45, 7) is 1.83. The second-order valence-corrected chi connectivity index (χ2v) is 6.99. The van der Waals surface area contributed by atoms with Gasteiger partial charge in [-0.15, -0.1) is 0 Å². The highest BCUT2D eigenvalue weighted by atomic mass is 16.5. The SMILES string of the molecule is CCOC(=O)c1c(-c2ccc(C(=O)c3ccccc3)cc2)c(C#N)c(=O)n2ccccc12. The third-order valence-electron chi connectivity index (χ3n) is 5.11. The highest BCUT2D eigenvalue weighted by Crippen LogP contribution is 2.30. The van der Waals surface area contributed by atoms with Crippen molar-refractivity contribution in [2.45, 2.75) is 6.92 Å². The summed E-state index contributed by atoms with van der Waals surface area (Å²) >= 11 is 0. The number of ketones is 1. The number of ether oxygens (including phenoxy) is 1. The summed E-state index contributed by atoms with van der Waals surface area (Å²) in [5.41, 5.74) is 1.44. The smallest absolute Gasteiger partial charge is 0.340 e. The Hall–Kier alpha value is -4.50. The van der Waals surface area contributed by atoms with Crippen LogP contribution in [0.15, 0.2) is 83.8 Å². The zero-order chi connectivity index (χ0) is 22.7. The van der Waals surface area contributed by atoms with Crippen molar-refractivity contribution in [3.05, 3.63) is 112 Å². The molecule has 2 aromatic heterocycles. The Bertz CT molecular complexity index is 1430. The highest BCUT2D eigenvalue weighted by molar-refractivity contribution is 6.09. The van der Waals surface area contributed by atoms with Gasteiger partial charge < -0.3 is 4.74 Å². The molecular formula is C26H18N2O4. The molecule has 4 aromatic rings. The van der Waals surface area contributed by atoms with E-state index in [0.29, 0.717) is 22.2 Å². The number of benzene rings is 2. The van der Waals surface area contributed by atoms with E-state index in [1.807, 2.05) is 12.1 Å². The van der Waals surface area contributed by atoms with E-state index in [0.717, 1.165) is 0 Å². The Morgan fingerprint density at radius 2 is 1.59 bits per heavy atom. The molecule has 0 amide bonds. The molecule has 0 aliphatic heterocycles. The maximum atomic E-state index is 13.0. The van der Waals surface area contributed by atoms with E-state index in [2.05, 4.69) is 0 Å². The van der Waals surface area contributed by atoms with Crippen LogP contribution in [-0.4, -0.2) is 22.8 Å². The van der Waals surface area contributed by atoms with Crippen LogP contribution < -0.4 is 5.56 Å². The number of rotatable bonds is 5. The van der Waals surface area contributed by atoms with Gasteiger partial charge in [0.05, 0.1) is 17.7 Å². The fourth-order valence-corrected chi connectivity index (χ4v) is 3.65. The molecule has 0 bridgehead atoms. The predicted octanol–water partition coefficient (Wildman–Crippen LogP) is 4.25. The monoisotopic (exact) mass is 422 g/mol. The quantitative estimate of drug-likeness (QED) is 0.354. The number of carbonyl (C=O) groups excluding carboxylic acids is 2. The minimum Gasteiger partial charge on any atom is -0.462 e. The molecule has 0 saturated carbocycles. The number of nitrogens with zero attached hydrogens (tertiary/aromatic N) is 2. The summed E-state index contributed by atoms with van der Waals surface area (Å²) in [6.07, 6.45) is 1.51. The van der Waals surface area contributed by atoms with E-state index < -0.39 is 11.5 Å². The van der Waals surface area contributed by atoms with Crippen LogP contribution >= 0.6 is 0 Å². The molecule has 6 nitrogen and oxygen atoms in total. The van der Waals surface area contributed by atoms with Crippen LogP contribution in [0.5, 0.6) is 0 Å². The van der Waals surface area contributed by atoms with Crippen molar-refractivity contribution >= 4 is 17.3 Å². The van der Waals surface area contributed by atoms with Gasteiger partial charge in [-0.2, -0.15) is 5.26 Å². The fourth-order valence-electron chi connectivity index (χ4n) is 3.65. The molecule has 4 rings (SSSR count). The summed E-state index contributed by atoms with van der Waals surface area (Å²) in [4.78, 5) is 38.6. The van der Waals surface area contributed by atoms with Crippen molar-refractivity contribution in [3.8, 4) is 17.2 Å². The number of hydrogen-bond acceptors (Lipinski definition) is 5. The number of aromatic nitrogens is 1. The molecule has 32 heavy (non-hydrogen) atoms. The van der Waals surface area contributed by atoms with Gasteiger partial charge in [-0.3, -0.25) is 14.0 Å². The molecule has 0 unspecified atom stereocenters. The lowest BCUT2D eigenvalue weighted by molar-refractivity contribution is 0.0529. The Morgan fingerprint density at radius 1 is 0.938 bits per heavy atom. The Balaban J connectivity index is 1.93. The molecule has 2 aromatic carbocycles. The van der Waals surface area contributed by atoms with Gasteiger partial charge in [0.15, 0.2) is 5.78 Å². The summed E-state index contributed by atoms with van der Waals surface area (Å²) in [6, 6.07) is 22.3. The van der Waals surface area contributed by atoms with Crippen LogP contribution in [0.1, 0.15) is 38.8 Å². The maximum Gasteiger partial charge on any atom is 0.340 e. The molecule has 0 aliphatic rings. The van der Waals surface area contributed by atoms with Crippen LogP contribution in [0.2, 0.25) is 0 Å². The largest absolute Gasteiger partial charge is 0.462 e. The lowest BCUT2D eigenvalue weighted by Crippen LogP contribution is -2.22. The van der Waals surface area contributed by atoms with Crippen molar-refractivity contribution < 1.29 is 14.3 Å². The average molecular weight is 422 g/mol. The van der Waals surface area contributed by atoms with Gasteiger partial charge in [-0.25, -0.2) is 4.79 Å². The molecule has 156 valence electrons. The third-order valence-corrected chi connectivity index (χ3v) is 5.11. The molecule has 6 heteroatoms. The van der Waals surface area contributed by atoms with Crippen LogP contribution in [0.25, 0.3) is 16.6 Å². The van der Waals surface area contributed by atoms with Gasteiger partial charge >= 0.3 is 5.97 Å². The number of fused-ring (bicyclic) bond motifs is 1.